The van der Waals surface area contributed by atoms with Crippen molar-refractivity contribution in [3.8, 4) is 11.5 Å². The van der Waals surface area contributed by atoms with Crippen LogP contribution in [-0.4, -0.2) is 41.7 Å². The molecule has 3 amide bonds. The molecular weight excluding hydrogens is 440 g/mol. The zero-order chi connectivity index (χ0) is 24.0. The van der Waals surface area contributed by atoms with Crippen molar-refractivity contribution in [3.05, 3.63) is 70.6 Å². The SMILES string of the molecule is C=CCOc1ccc(/C=C2/SC(=O)N(CC(=O)Nc3cc(C)cc(C)c3)C2=O)cc1OCC. The van der Waals surface area contributed by atoms with Gasteiger partial charge in [0.05, 0.1) is 11.5 Å². The van der Waals surface area contributed by atoms with Crippen LogP contribution in [0.3, 0.4) is 0 Å². The molecule has 1 heterocycles. The van der Waals surface area contributed by atoms with E-state index in [1.54, 1.807) is 30.4 Å². The van der Waals surface area contributed by atoms with E-state index in [4.69, 9.17) is 9.47 Å². The molecule has 2 aromatic carbocycles. The number of benzene rings is 2. The second kappa shape index (κ2) is 10.9. The highest BCUT2D eigenvalue weighted by Crippen LogP contribution is 2.34. The van der Waals surface area contributed by atoms with Crippen LogP contribution in [-0.2, 0) is 9.59 Å². The van der Waals surface area contributed by atoms with E-state index in [1.165, 1.54) is 0 Å². The largest absolute Gasteiger partial charge is 0.490 e. The van der Waals surface area contributed by atoms with Gasteiger partial charge >= 0.3 is 0 Å². The monoisotopic (exact) mass is 466 g/mol. The Morgan fingerprint density at radius 1 is 1.09 bits per heavy atom. The Kier molecular flexibility index (Phi) is 7.95. The fourth-order valence-electron chi connectivity index (χ4n) is 3.33. The van der Waals surface area contributed by atoms with Crippen molar-refractivity contribution in [2.45, 2.75) is 20.8 Å². The Labute approximate surface area is 197 Å². The predicted octanol–water partition coefficient (Wildman–Crippen LogP) is 4.94. The lowest BCUT2D eigenvalue weighted by molar-refractivity contribution is -0.127. The molecule has 1 fully saturated rings. The maximum Gasteiger partial charge on any atom is 0.294 e. The number of aryl methyl sites for hydroxylation is 2. The first-order chi connectivity index (χ1) is 15.8. The summed E-state index contributed by atoms with van der Waals surface area (Å²) in [6.45, 7) is 9.78. The summed E-state index contributed by atoms with van der Waals surface area (Å²) in [4.78, 5) is 38.9. The highest BCUT2D eigenvalue weighted by Gasteiger charge is 2.36. The molecule has 0 bridgehead atoms. The van der Waals surface area contributed by atoms with Crippen LogP contribution in [0.2, 0.25) is 0 Å². The van der Waals surface area contributed by atoms with E-state index in [-0.39, 0.29) is 11.4 Å². The molecule has 0 spiro atoms. The number of amides is 3. The van der Waals surface area contributed by atoms with Crippen molar-refractivity contribution < 1.29 is 23.9 Å². The number of thioether (sulfide) groups is 1. The lowest BCUT2D eigenvalue weighted by Gasteiger charge is -2.13. The zero-order valence-electron chi connectivity index (χ0n) is 18.8. The molecule has 0 aliphatic carbocycles. The standard InChI is InChI=1S/C25H26N2O5S/c1-5-9-32-20-8-7-18(13-21(20)31-6-2)14-22-24(29)27(25(30)33-22)15-23(28)26-19-11-16(3)10-17(4)12-19/h5,7-8,10-14H,1,6,9,15H2,2-4H3,(H,26,28)/b22-14+. The van der Waals surface area contributed by atoms with E-state index in [0.717, 1.165) is 27.8 Å². The molecule has 7 nitrogen and oxygen atoms in total. The topological polar surface area (TPSA) is 84.9 Å². The van der Waals surface area contributed by atoms with Crippen molar-refractivity contribution in [2.75, 3.05) is 25.1 Å². The number of hydrogen-bond acceptors (Lipinski definition) is 6. The molecule has 33 heavy (non-hydrogen) atoms. The van der Waals surface area contributed by atoms with Crippen LogP contribution in [0, 0.1) is 13.8 Å². The molecule has 8 heteroatoms. The normalized spacial score (nSPS) is 14.5. The first kappa shape index (κ1) is 24.1. The summed E-state index contributed by atoms with van der Waals surface area (Å²) < 4.78 is 11.2. The van der Waals surface area contributed by atoms with Crippen LogP contribution >= 0.6 is 11.8 Å². The van der Waals surface area contributed by atoms with Gasteiger partial charge in [0, 0.05) is 5.69 Å². The van der Waals surface area contributed by atoms with Gasteiger partial charge in [0.2, 0.25) is 5.91 Å². The van der Waals surface area contributed by atoms with Crippen molar-refractivity contribution in [2.24, 2.45) is 0 Å². The van der Waals surface area contributed by atoms with Gasteiger partial charge in [-0.25, -0.2) is 0 Å². The highest BCUT2D eigenvalue weighted by molar-refractivity contribution is 8.18. The molecule has 0 unspecified atom stereocenters. The predicted molar refractivity (Wildman–Crippen MR) is 131 cm³/mol. The second-order valence-electron chi connectivity index (χ2n) is 7.43. The Morgan fingerprint density at radius 3 is 2.48 bits per heavy atom. The molecule has 0 saturated carbocycles. The summed E-state index contributed by atoms with van der Waals surface area (Å²) in [5.74, 6) is 0.140. The molecule has 172 valence electrons. The van der Waals surface area contributed by atoms with E-state index in [9.17, 15) is 14.4 Å². The maximum atomic E-state index is 12.8. The van der Waals surface area contributed by atoms with Crippen LogP contribution in [0.4, 0.5) is 10.5 Å². The molecule has 0 aromatic heterocycles. The van der Waals surface area contributed by atoms with Gasteiger partial charge in [0.25, 0.3) is 11.1 Å². The Balaban J connectivity index is 1.73. The van der Waals surface area contributed by atoms with Crippen LogP contribution in [0.5, 0.6) is 11.5 Å². The molecular formula is C25H26N2O5S. The quantitative estimate of drug-likeness (QED) is 0.416. The van der Waals surface area contributed by atoms with Crippen LogP contribution in [0.1, 0.15) is 23.6 Å². The lowest BCUT2D eigenvalue weighted by atomic mass is 10.1. The van der Waals surface area contributed by atoms with Crippen molar-refractivity contribution in [3.63, 3.8) is 0 Å². The van der Waals surface area contributed by atoms with E-state index in [0.29, 0.717) is 36.0 Å². The Hall–Kier alpha value is -3.52. The minimum atomic E-state index is -0.509. The minimum absolute atomic E-state index is 0.237. The number of imide groups is 1. The first-order valence-electron chi connectivity index (χ1n) is 10.4. The van der Waals surface area contributed by atoms with Gasteiger partial charge in [-0.05, 0) is 79.6 Å². The third-order valence-corrected chi connectivity index (χ3v) is 5.51. The third kappa shape index (κ3) is 6.26. The van der Waals surface area contributed by atoms with E-state index in [2.05, 4.69) is 11.9 Å². The maximum absolute atomic E-state index is 12.8. The number of anilines is 1. The van der Waals surface area contributed by atoms with Gasteiger partial charge in [-0.15, -0.1) is 0 Å². The Morgan fingerprint density at radius 2 is 1.82 bits per heavy atom. The van der Waals surface area contributed by atoms with Gasteiger partial charge in [-0.1, -0.05) is 24.8 Å². The van der Waals surface area contributed by atoms with Gasteiger partial charge in [-0.2, -0.15) is 0 Å². The first-order valence-corrected chi connectivity index (χ1v) is 11.3. The Bertz CT molecular complexity index is 1110. The summed E-state index contributed by atoms with van der Waals surface area (Å²) in [6, 6.07) is 10.9. The smallest absolute Gasteiger partial charge is 0.294 e. The number of rotatable bonds is 9. The average molecular weight is 467 g/mol. The van der Waals surface area contributed by atoms with Crippen LogP contribution in [0.15, 0.2) is 54.0 Å². The van der Waals surface area contributed by atoms with E-state index < -0.39 is 17.1 Å². The molecule has 1 aliphatic rings. The number of nitrogens with zero attached hydrogens (tertiary/aromatic N) is 1. The van der Waals surface area contributed by atoms with Crippen LogP contribution in [0.25, 0.3) is 6.08 Å². The van der Waals surface area contributed by atoms with Gasteiger partial charge < -0.3 is 14.8 Å². The lowest BCUT2D eigenvalue weighted by Crippen LogP contribution is -2.36. The fourth-order valence-corrected chi connectivity index (χ4v) is 4.17. The summed E-state index contributed by atoms with van der Waals surface area (Å²) in [5.41, 5.74) is 3.32. The van der Waals surface area contributed by atoms with E-state index in [1.807, 2.05) is 39.0 Å². The van der Waals surface area contributed by atoms with Crippen molar-refractivity contribution in [1.82, 2.24) is 4.90 Å². The zero-order valence-corrected chi connectivity index (χ0v) is 19.7. The van der Waals surface area contributed by atoms with Gasteiger partial charge in [0.15, 0.2) is 11.5 Å². The molecule has 2 aromatic rings. The number of carbonyl (C=O) groups excluding carboxylic acids is 3. The van der Waals surface area contributed by atoms with Crippen molar-refractivity contribution >= 4 is 40.6 Å². The third-order valence-electron chi connectivity index (χ3n) is 4.60. The van der Waals surface area contributed by atoms with Crippen molar-refractivity contribution in [1.29, 1.82) is 0 Å². The molecule has 1 N–H and O–H groups in total. The highest BCUT2D eigenvalue weighted by atomic mass is 32.2. The second-order valence-corrected chi connectivity index (χ2v) is 8.42. The summed E-state index contributed by atoms with van der Waals surface area (Å²) >= 11 is 0.800. The summed E-state index contributed by atoms with van der Waals surface area (Å²) in [5, 5.41) is 2.26. The number of ether oxygens (including phenoxy) is 2. The average Bonchev–Trinajstić information content (AvgIpc) is 3.00. The van der Waals surface area contributed by atoms with Gasteiger partial charge in [-0.3, -0.25) is 19.3 Å². The number of nitrogens with one attached hydrogen (secondary N) is 1. The number of hydrogen-bond donors (Lipinski definition) is 1. The molecule has 3 rings (SSSR count). The minimum Gasteiger partial charge on any atom is -0.490 e. The fraction of sp³-hybridized carbons (Fsp3) is 0.240. The van der Waals surface area contributed by atoms with Crippen LogP contribution < -0.4 is 14.8 Å². The molecule has 0 atom stereocenters. The number of carbonyl (C=O) groups is 3. The molecule has 1 aliphatic heterocycles. The summed E-state index contributed by atoms with van der Waals surface area (Å²) in [7, 11) is 0. The molecule has 1 saturated heterocycles. The molecule has 0 radical (unpaired) electrons. The van der Waals surface area contributed by atoms with Gasteiger partial charge in [0.1, 0.15) is 13.2 Å². The van der Waals surface area contributed by atoms with E-state index >= 15 is 0 Å². The summed E-state index contributed by atoms with van der Waals surface area (Å²) in [6.07, 6.45) is 3.24.